The molecule has 3 aromatic rings. The summed E-state index contributed by atoms with van der Waals surface area (Å²) >= 11 is 0. The van der Waals surface area contributed by atoms with Crippen LogP contribution < -0.4 is 9.47 Å². The molecule has 1 fully saturated rings. The first-order valence-corrected chi connectivity index (χ1v) is 11.2. The highest BCUT2D eigenvalue weighted by Crippen LogP contribution is 2.44. The highest BCUT2D eigenvalue weighted by molar-refractivity contribution is 5.87. The van der Waals surface area contributed by atoms with Crippen LogP contribution in [0, 0.1) is 0 Å². The highest BCUT2D eigenvalue weighted by Gasteiger charge is 2.49. The highest BCUT2D eigenvalue weighted by atomic mass is 16.5. The number of hydrogen-bond acceptors (Lipinski definition) is 5. The lowest BCUT2D eigenvalue weighted by atomic mass is 9.84. The molecule has 0 radical (unpaired) electrons. The van der Waals surface area contributed by atoms with Crippen LogP contribution in [0.1, 0.15) is 17.7 Å². The average molecular weight is 436 g/mol. The Balaban J connectivity index is 1.41. The third-order valence-corrected chi connectivity index (χ3v) is 6.89. The van der Waals surface area contributed by atoms with Crippen molar-refractivity contribution in [2.45, 2.75) is 18.4 Å². The van der Waals surface area contributed by atoms with Crippen LogP contribution in [-0.2, 0) is 16.8 Å². The van der Waals surface area contributed by atoms with E-state index in [0.29, 0.717) is 6.61 Å². The van der Waals surface area contributed by atoms with Gasteiger partial charge in [0.2, 0.25) is 0 Å². The quantitative estimate of drug-likeness (QED) is 0.594. The third kappa shape index (κ3) is 3.72. The van der Waals surface area contributed by atoms with Crippen molar-refractivity contribution in [3.05, 3.63) is 59.8 Å². The number of hydrogen-bond donors (Lipinski definition) is 2. The van der Waals surface area contributed by atoms with E-state index in [9.17, 15) is 9.90 Å². The van der Waals surface area contributed by atoms with Gasteiger partial charge in [-0.1, -0.05) is 18.2 Å². The van der Waals surface area contributed by atoms with Crippen LogP contribution in [0.3, 0.4) is 0 Å². The zero-order valence-corrected chi connectivity index (χ0v) is 18.3. The van der Waals surface area contributed by atoms with E-state index in [1.165, 1.54) is 16.6 Å². The van der Waals surface area contributed by atoms with Crippen LogP contribution in [0.4, 0.5) is 0 Å². The second kappa shape index (κ2) is 8.48. The van der Waals surface area contributed by atoms with E-state index in [0.717, 1.165) is 56.0 Å². The number of para-hydroxylation sites is 1. The molecule has 1 unspecified atom stereocenters. The number of aromatic nitrogens is 1. The van der Waals surface area contributed by atoms with Crippen molar-refractivity contribution in [2.75, 3.05) is 46.4 Å². The van der Waals surface area contributed by atoms with Crippen molar-refractivity contribution >= 4 is 16.9 Å². The molecule has 2 N–H and O–H groups in total. The number of likely N-dealkylation sites (tertiary alicyclic amines) is 1. The number of aromatic amines is 1. The lowest BCUT2D eigenvalue weighted by Gasteiger charge is -2.44. The number of fused-ring (bicyclic) bond motifs is 4. The van der Waals surface area contributed by atoms with Crippen LogP contribution in [0.2, 0.25) is 0 Å². The number of nitrogens with zero attached hydrogens (tertiary/aromatic N) is 2. The summed E-state index contributed by atoms with van der Waals surface area (Å²) in [6.07, 6.45) is 1.72. The lowest BCUT2D eigenvalue weighted by molar-refractivity contribution is -0.140. The number of carboxylic acid groups (broad SMARTS) is 1. The fourth-order valence-electron chi connectivity index (χ4n) is 5.36. The summed E-state index contributed by atoms with van der Waals surface area (Å²) in [4.78, 5) is 19.9. The Kier molecular flexibility index (Phi) is 5.53. The largest absolute Gasteiger partial charge is 0.497 e. The Morgan fingerprint density at radius 1 is 1.16 bits per heavy atom. The molecule has 2 aliphatic heterocycles. The Labute approximate surface area is 187 Å². The first-order chi connectivity index (χ1) is 15.6. The zero-order chi connectivity index (χ0) is 22.1. The molecule has 0 bridgehead atoms. The predicted molar refractivity (Wildman–Crippen MR) is 122 cm³/mol. The fourth-order valence-corrected chi connectivity index (χ4v) is 5.36. The molecule has 1 aromatic heterocycles. The summed E-state index contributed by atoms with van der Waals surface area (Å²) in [7, 11) is 1.68. The van der Waals surface area contributed by atoms with E-state index in [2.05, 4.69) is 26.9 Å². The number of aliphatic carboxylic acids is 1. The average Bonchev–Trinajstić information content (AvgIpc) is 3.39. The molecule has 168 valence electrons. The number of rotatable bonds is 7. The Bertz CT molecular complexity index is 1110. The van der Waals surface area contributed by atoms with Crippen molar-refractivity contribution < 1.29 is 19.4 Å². The Morgan fingerprint density at radius 2 is 2.00 bits per heavy atom. The van der Waals surface area contributed by atoms with Gasteiger partial charge in [-0.05, 0) is 48.7 Å². The molecule has 7 nitrogen and oxygen atoms in total. The number of ether oxygens (including phenoxy) is 2. The van der Waals surface area contributed by atoms with Crippen LogP contribution in [0.15, 0.2) is 48.5 Å². The van der Waals surface area contributed by atoms with Gasteiger partial charge in [0.1, 0.15) is 18.1 Å². The van der Waals surface area contributed by atoms with Crippen LogP contribution >= 0.6 is 0 Å². The van der Waals surface area contributed by atoms with Crippen LogP contribution in [0.5, 0.6) is 11.5 Å². The summed E-state index contributed by atoms with van der Waals surface area (Å²) in [5, 5.41) is 10.8. The molecule has 1 spiro atoms. The van der Waals surface area contributed by atoms with E-state index in [1.807, 2.05) is 36.4 Å². The second-order valence-corrected chi connectivity index (χ2v) is 8.67. The van der Waals surface area contributed by atoms with Gasteiger partial charge in [0.05, 0.1) is 19.2 Å². The van der Waals surface area contributed by atoms with E-state index in [1.54, 1.807) is 7.11 Å². The summed E-state index contributed by atoms with van der Waals surface area (Å²) < 4.78 is 11.4. The van der Waals surface area contributed by atoms with Crippen molar-refractivity contribution in [1.29, 1.82) is 0 Å². The normalized spacial score (nSPS) is 21.2. The number of carbonyl (C=O) groups is 1. The predicted octanol–water partition coefficient (Wildman–Crippen LogP) is 3.10. The standard InChI is InChI=1S/C25H29N3O4/c1-31-19-7-8-22-21(15-19)20-9-11-28(16-23(29)30)25(24(20)26-22)10-12-27(17-25)13-14-32-18-5-3-2-4-6-18/h2-8,15,26H,9-14,16-17H2,1H3,(H,29,30). The van der Waals surface area contributed by atoms with Crippen molar-refractivity contribution in [1.82, 2.24) is 14.8 Å². The van der Waals surface area contributed by atoms with Crippen LogP contribution in [0.25, 0.3) is 10.9 Å². The van der Waals surface area contributed by atoms with Gasteiger partial charge in [-0.3, -0.25) is 14.6 Å². The van der Waals surface area contributed by atoms with E-state index in [4.69, 9.17) is 9.47 Å². The molecular formula is C25H29N3O4. The fraction of sp³-hybridized carbons (Fsp3) is 0.400. The molecule has 0 saturated carbocycles. The minimum atomic E-state index is -0.781. The number of benzene rings is 2. The van der Waals surface area contributed by atoms with E-state index < -0.39 is 5.97 Å². The summed E-state index contributed by atoms with van der Waals surface area (Å²) in [5.41, 5.74) is 3.21. The maximum atomic E-state index is 11.7. The lowest BCUT2D eigenvalue weighted by Crippen LogP contribution is -2.54. The second-order valence-electron chi connectivity index (χ2n) is 8.67. The van der Waals surface area contributed by atoms with Gasteiger partial charge in [-0.25, -0.2) is 0 Å². The maximum absolute atomic E-state index is 11.7. The molecule has 3 heterocycles. The summed E-state index contributed by atoms with van der Waals surface area (Å²) in [6, 6.07) is 16.0. The number of H-pyrrole nitrogens is 1. The van der Waals surface area contributed by atoms with E-state index >= 15 is 0 Å². The SMILES string of the molecule is COc1ccc2[nH]c3c(c2c1)CCN(CC(=O)O)C31CCN(CCOc2ccccc2)C1. The van der Waals surface area contributed by atoms with Gasteiger partial charge in [0, 0.05) is 42.8 Å². The van der Waals surface area contributed by atoms with Gasteiger partial charge in [-0.15, -0.1) is 0 Å². The Morgan fingerprint density at radius 3 is 2.78 bits per heavy atom. The molecule has 1 saturated heterocycles. The van der Waals surface area contributed by atoms with Gasteiger partial charge in [-0.2, -0.15) is 0 Å². The van der Waals surface area contributed by atoms with Gasteiger partial charge < -0.3 is 19.6 Å². The molecule has 32 heavy (non-hydrogen) atoms. The molecule has 2 aromatic carbocycles. The number of nitrogens with one attached hydrogen (secondary N) is 1. The minimum Gasteiger partial charge on any atom is -0.497 e. The smallest absolute Gasteiger partial charge is 0.317 e. The minimum absolute atomic E-state index is 0.0481. The van der Waals surface area contributed by atoms with E-state index in [-0.39, 0.29) is 12.1 Å². The summed E-state index contributed by atoms with van der Waals surface area (Å²) in [5.74, 6) is 0.933. The van der Waals surface area contributed by atoms with Crippen molar-refractivity contribution in [3.63, 3.8) is 0 Å². The third-order valence-electron chi connectivity index (χ3n) is 6.89. The van der Waals surface area contributed by atoms with Gasteiger partial charge >= 0.3 is 5.97 Å². The maximum Gasteiger partial charge on any atom is 0.317 e. The Hall–Kier alpha value is -3.03. The molecular weight excluding hydrogens is 406 g/mol. The number of carboxylic acids is 1. The topological polar surface area (TPSA) is 78.0 Å². The summed E-state index contributed by atoms with van der Waals surface area (Å²) in [6.45, 7) is 3.89. The monoisotopic (exact) mass is 435 g/mol. The molecule has 0 aliphatic carbocycles. The first-order valence-electron chi connectivity index (χ1n) is 11.2. The van der Waals surface area contributed by atoms with Crippen molar-refractivity contribution in [3.8, 4) is 11.5 Å². The first kappa shape index (κ1) is 20.8. The van der Waals surface area contributed by atoms with Crippen LogP contribution in [-0.4, -0.2) is 72.3 Å². The molecule has 7 heteroatoms. The zero-order valence-electron chi connectivity index (χ0n) is 18.3. The van der Waals surface area contributed by atoms with Gasteiger partial charge in [0.25, 0.3) is 0 Å². The molecule has 2 aliphatic rings. The molecule has 1 atom stereocenters. The molecule has 0 amide bonds. The molecule has 5 rings (SSSR count). The van der Waals surface area contributed by atoms with Crippen molar-refractivity contribution in [2.24, 2.45) is 0 Å². The van der Waals surface area contributed by atoms with Gasteiger partial charge in [0.15, 0.2) is 0 Å². The number of methoxy groups -OCH3 is 1.